The van der Waals surface area contributed by atoms with Crippen LogP contribution in [0.4, 0.5) is 4.79 Å². The van der Waals surface area contributed by atoms with Crippen molar-refractivity contribution in [2.75, 3.05) is 59.9 Å². The number of hydrogen-bond donors (Lipinski definition) is 1. The van der Waals surface area contributed by atoms with Crippen molar-refractivity contribution in [3.8, 4) is 0 Å². The fraction of sp³-hybridized carbons (Fsp3) is 0.900. The zero-order chi connectivity index (χ0) is 20.4. The van der Waals surface area contributed by atoms with Crippen LogP contribution in [-0.4, -0.2) is 92.3 Å². The van der Waals surface area contributed by atoms with Crippen LogP contribution >= 0.6 is 0 Å². The monoisotopic (exact) mass is 383 g/mol. The quantitative estimate of drug-likeness (QED) is 0.541. The summed E-state index contributed by atoms with van der Waals surface area (Å²) in [6.45, 7) is 16.3. The summed E-state index contributed by atoms with van der Waals surface area (Å²) in [5, 5.41) is 3.46. The number of guanidine groups is 1. The van der Waals surface area contributed by atoms with Crippen LogP contribution in [0, 0.1) is 5.92 Å². The molecule has 0 aromatic heterocycles. The second-order valence-corrected chi connectivity index (χ2v) is 8.32. The Morgan fingerprint density at radius 1 is 1.22 bits per heavy atom. The number of ether oxygens (including phenoxy) is 1. The van der Waals surface area contributed by atoms with E-state index in [-0.39, 0.29) is 6.09 Å². The number of nitrogens with zero attached hydrogens (tertiary/aromatic N) is 4. The lowest BCUT2D eigenvalue weighted by Crippen LogP contribution is -2.48. The van der Waals surface area contributed by atoms with Gasteiger partial charge in [-0.05, 0) is 60.0 Å². The van der Waals surface area contributed by atoms with Gasteiger partial charge in [0, 0.05) is 46.3 Å². The number of likely N-dealkylation sites (tertiary alicyclic amines) is 1. The molecule has 1 N–H and O–H groups in total. The van der Waals surface area contributed by atoms with Gasteiger partial charge in [0.25, 0.3) is 0 Å². The molecule has 27 heavy (non-hydrogen) atoms. The van der Waals surface area contributed by atoms with Crippen molar-refractivity contribution >= 4 is 12.1 Å². The predicted octanol–water partition coefficient (Wildman–Crippen LogP) is 2.48. The molecule has 1 aliphatic rings. The average molecular weight is 384 g/mol. The normalized spacial score (nSPS) is 16.6. The molecule has 0 spiro atoms. The molecule has 1 rings (SSSR count). The van der Waals surface area contributed by atoms with Crippen LogP contribution in [0.3, 0.4) is 0 Å². The van der Waals surface area contributed by atoms with Crippen LogP contribution in [0.1, 0.15) is 47.5 Å². The maximum atomic E-state index is 12.3. The summed E-state index contributed by atoms with van der Waals surface area (Å²) in [5.41, 5.74) is -0.447. The zero-order valence-corrected chi connectivity index (χ0v) is 18.5. The van der Waals surface area contributed by atoms with Crippen LogP contribution < -0.4 is 5.32 Å². The number of carbonyl (C=O) groups excluding carboxylic acids is 1. The largest absolute Gasteiger partial charge is 0.444 e. The van der Waals surface area contributed by atoms with Crippen molar-refractivity contribution < 1.29 is 9.53 Å². The Balaban J connectivity index is 2.44. The van der Waals surface area contributed by atoms with Crippen molar-refractivity contribution in [2.24, 2.45) is 10.9 Å². The van der Waals surface area contributed by atoms with Gasteiger partial charge in [-0.1, -0.05) is 6.92 Å². The van der Waals surface area contributed by atoms with E-state index < -0.39 is 5.60 Å². The molecule has 0 aliphatic carbocycles. The molecular weight excluding hydrogens is 342 g/mol. The Bertz CT molecular complexity index is 467. The third-order valence-electron chi connectivity index (χ3n) is 4.95. The van der Waals surface area contributed by atoms with Crippen molar-refractivity contribution in [1.29, 1.82) is 0 Å². The highest BCUT2D eigenvalue weighted by Crippen LogP contribution is 2.20. The Kier molecular flexibility index (Phi) is 9.91. The number of hydrogen-bond acceptors (Lipinski definition) is 4. The molecule has 0 aromatic carbocycles. The molecule has 7 nitrogen and oxygen atoms in total. The first kappa shape index (κ1) is 23.5. The Morgan fingerprint density at radius 2 is 1.85 bits per heavy atom. The van der Waals surface area contributed by atoms with Crippen LogP contribution in [0.25, 0.3) is 0 Å². The molecule has 1 aliphatic heterocycles. The molecule has 1 heterocycles. The highest BCUT2D eigenvalue weighted by molar-refractivity contribution is 5.79. The first-order chi connectivity index (χ1) is 12.7. The van der Waals surface area contributed by atoms with E-state index in [0.717, 1.165) is 58.1 Å². The smallest absolute Gasteiger partial charge is 0.410 e. The van der Waals surface area contributed by atoms with Gasteiger partial charge in [0.05, 0.1) is 0 Å². The highest BCUT2D eigenvalue weighted by Gasteiger charge is 2.27. The lowest BCUT2D eigenvalue weighted by Gasteiger charge is -2.36. The number of rotatable bonds is 7. The second kappa shape index (κ2) is 11.4. The summed E-state index contributed by atoms with van der Waals surface area (Å²) >= 11 is 0. The second-order valence-electron chi connectivity index (χ2n) is 8.32. The Morgan fingerprint density at radius 3 is 2.33 bits per heavy atom. The molecule has 0 aromatic rings. The minimum atomic E-state index is -0.447. The van der Waals surface area contributed by atoms with Gasteiger partial charge in [0.1, 0.15) is 5.60 Å². The highest BCUT2D eigenvalue weighted by atomic mass is 16.6. The van der Waals surface area contributed by atoms with E-state index in [1.807, 2.05) is 39.6 Å². The molecule has 1 saturated heterocycles. The minimum absolute atomic E-state index is 0.204. The summed E-state index contributed by atoms with van der Waals surface area (Å²) < 4.78 is 5.53. The number of carbonyl (C=O) groups is 1. The summed E-state index contributed by atoms with van der Waals surface area (Å²) in [5.74, 6) is 1.50. The van der Waals surface area contributed by atoms with Crippen molar-refractivity contribution in [2.45, 2.75) is 53.1 Å². The fourth-order valence-corrected chi connectivity index (χ4v) is 3.15. The summed E-state index contributed by atoms with van der Waals surface area (Å²) in [7, 11) is 3.97. The van der Waals surface area contributed by atoms with Gasteiger partial charge in [-0.15, -0.1) is 0 Å². The van der Waals surface area contributed by atoms with E-state index in [1.165, 1.54) is 0 Å². The standard InChI is InChI=1S/C20H41N5O2/c1-8-23(7)15-12-22-18(21-6)25-13-10-17(11-14-25)16-24(9-2)19(26)27-20(3,4)5/h17H,8-16H2,1-7H3,(H,21,22). The van der Waals surface area contributed by atoms with E-state index in [2.05, 4.69) is 34.1 Å². The lowest BCUT2D eigenvalue weighted by atomic mass is 9.96. The van der Waals surface area contributed by atoms with Gasteiger partial charge < -0.3 is 24.8 Å². The third-order valence-corrected chi connectivity index (χ3v) is 4.95. The van der Waals surface area contributed by atoms with E-state index in [0.29, 0.717) is 12.5 Å². The number of aliphatic imine (C=N–C) groups is 1. The van der Waals surface area contributed by atoms with Gasteiger partial charge in [0.15, 0.2) is 5.96 Å². The van der Waals surface area contributed by atoms with E-state index in [9.17, 15) is 4.79 Å². The van der Waals surface area contributed by atoms with Crippen LogP contribution in [0.15, 0.2) is 4.99 Å². The lowest BCUT2D eigenvalue weighted by molar-refractivity contribution is 0.0214. The Hall–Kier alpha value is -1.50. The third kappa shape index (κ3) is 8.82. The first-order valence-corrected chi connectivity index (χ1v) is 10.3. The number of piperidine rings is 1. The fourth-order valence-electron chi connectivity index (χ4n) is 3.15. The van der Waals surface area contributed by atoms with Crippen molar-refractivity contribution in [3.05, 3.63) is 0 Å². The van der Waals surface area contributed by atoms with E-state index in [4.69, 9.17) is 4.74 Å². The molecular formula is C20H41N5O2. The van der Waals surface area contributed by atoms with E-state index in [1.54, 1.807) is 0 Å². The summed E-state index contributed by atoms with van der Waals surface area (Å²) in [6.07, 6.45) is 1.92. The number of nitrogens with one attached hydrogen (secondary N) is 1. The predicted molar refractivity (Wildman–Crippen MR) is 112 cm³/mol. The first-order valence-electron chi connectivity index (χ1n) is 10.3. The van der Waals surface area contributed by atoms with Gasteiger partial charge >= 0.3 is 6.09 Å². The summed E-state index contributed by atoms with van der Waals surface area (Å²) in [4.78, 5) is 23.2. The Labute approximate surface area is 166 Å². The molecule has 0 unspecified atom stereocenters. The number of amides is 1. The van der Waals surface area contributed by atoms with Crippen LogP contribution in [0.5, 0.6) is 0 Å². The van der Waals surface area contributed by atoms with E-state index >= 15 is 0 Å². The number of likely N-dealkylation sites (N-methyl/N-ethyl adjacent to an activating group) is 1. The maximum Gasteiger partial charge on any atom is 0.410 e. The molecule has 158 valence electrons. The molecule has 7 heteroatoms. The molecule has 0 radical (unpaired) electrons. The molecule has 0 bridgehead atoms. The van der Waals surface area contributed by atoms with Crippen LogP contribution in [-0.2, 0) is 4.74 Å². The topological polar surface area (TPSA) is 60.4 Å². The zero-order valence-electron chi connectivity index (χ0n) is 18.5. The average Bonchev–Trinajstić information content (AvgIpc) is 2.62. The SMILES string of the molecule is CCN(C)CCNC(=NC)N1CCC(CN(CC)C(=O)OC(C)(C)C)CC1. The molecule has 1 fully saturated rings. The van der Waals surface area contributed by atoms with Gasteiger partial charge in [0.2, 0.25) is 0 Å². The minimum Gasteiger partial charge on any atom is -0.444 e. The van der Waals surface area contributed by atoms with Crippen molar-refractivity contribution in [1.82, 2.24) is 20.0 Å². The summed E-state index contributed by atoms with van der Waals surface area (Å²) in [6, 6.07) is 0. The van der Waals surface area contributed by atoms with Gasteiger partial charge in [-0.2, -0.15) is 0 Å². The van der Waals surface area contributed by atoms with Crippen molar-refractivity contribution in [3.63, 3.8) is 0 Å². The van der Waals surface area contributed by atoms with Crippen LogP contribution in [0.2, 0.25) is 0 Å². The molecule has 1 amide bonds. The van der Waals surface area contributed by atoms with Gasteiger partial charge in [-0.25, -0.2) is 4.79 Å². The maximum absolute atomic E-state index is 12.3. The molecule has 0 saturated carbocycles. The molecule has 0 atom stereocenters. The van der Waals surface area contributed by atoms with Gasteiger partial charge in [-0.3, -0.25) is 4.99 Å².